The topological polar surface area (TPSA) is 105 Å². The number of nitrogens with one attached hydrogen (secondary N) is 1. The molecule has 0 saturated carbocycles. The van der Waals surface area contributed by atoms with Crippen LogP contribution in [0.3, 0.4) is 0 Å². The molecule has 8 nitrogen and oxygen atoms in total. The maximum absolute atomic E-state index is 13.5. The van der Waals surface area contributed by atoms with E-state index in [2.05, 4.69) is 15.5 Å². The van der Waals surface area contributed by atoms with Crippen LogP contribution in [0.25, 0.3) is 21.7 Å². The van der Waals surface area contributed by atoms with Crippen molar-refractivity contribution in [1.82, 2.24) is 14.4 Å². The maximum Gasteiger partial charge on any atom is 0.259 e. The van der Waals surface area contributed by atoms with Gasteiger partial charge in [0, 0.05) is 24.7 Å². The van der Waals surface area contributed by atoms with Crippen LogP contribution >= 0.6 is 11.3 Å². The maximum atomic E-state index is 13.5. The molecule has 3 aromatic heterocycles. The lowest BCUT2D eigenvalue weighted by Crippen LogP contribution is -2.23. The number of benzene rings is 1. The van der Waals surface area contributed by atoms with Crippen molar-refractivity contribution in [2.45, 2.75) is 32.6 Å². The second-order valence-electron chi connectivity index (χ2n) is 8.07. The number of carbonyl (C=O) groups excluding carboxylic acids is 1. The molecule has 4 rings (SSSR count). The Hall–Kier alpha value is -3.08. The fourth-order valence-corrected chi connectivity index (χ4v) is 5.32. The van der Waals surface area contributed by atoms with E-state index in [1.54, 1.807) is 30.4 Å². The van der Waals surface area contributed by atoms with Gasteiger partial charge in [0.1, 0.15) is 0 Å². The van der Waals surface area contributed by atoms with Gasteiger partial charge in [-0.05, 0) is 69.2 Å². The molecule has 0 aliphatic carbocycles. The summed E-state index contributed by atoms with van der Waals surface area (Å²) in [5, 5.41) is 7.40. The highest BCUT2D eigenvalue weighted by atomic mass is 32.2. The largest absolute Gasteiger partial charge is 0.335 e. The first-order valence-corrected chi connectivity index (χ1v) is 12.4. The normalized spacial score (nSPS) is 12.0. The number of rotatable bonds is 5. The van der Waals surface area contributed by atoms with Gasteiger partial charge < -0.3 is 9.84 Å². The number of fused-ring (bicyclic) bond motifs is 1. The third-order valence-corrected chi connectivity index (χ3v) is 8.34. The SMILES string of the molecule is Cc1ccc(-c2cc(C(=O)Nc3cc(S(=O)(=O)N(C)C)cc(C)c3C)c3c(C)noc3n2)s1. The van der Waals surface area contributed by atoms with Crippen LogP contribution in [-0.2, 0) is 10.0 Å². The van der Waals surface area contributed by atoms with Crippen LogP contribution < -0.4 is 5.32 Å². The van der Waals surface area contributed by atoms with Gasteiger partial charge in [0.15, 0.2) is 0 Å². The predicted molar refractivity (Wildman–Crippen MR) is 129 cm³/mol. The van der Waals surface area contributed by atoms with E-state index in [0.29, 0.717) is 28.0 Å². The Morgan fingerprint density at radius 2 is 1.82 bits per heavy atom. The van der Waals surface area contributed by atoms with E-state index in [1.807, 2.05) is 32.9 Å². The molecule has 0 spiro atoms. The minimum Gasteiger partial charge on any atom is -0.335 e. The first kappa shape index (κ1) is 23.1. The molecule has 0 unspecified atom stereocenters. The molecule has 1 N–H and O–H groups in total. The number of thiophene rings is 1. The molecule has 0 bridgehead atoms. The number of carbonyl (C=O) groups is 1. The molecule has 0 aliphatic heterocycles. The van der Waals surface area contributed by atoms with E-state index < -0.39 is 15.9 Å². The highest BCUT2D eigenvalue weighted by Crippen LogP contribution is 2.32. The summed E-state index contributed by atoms with van der Waals surface area (Å²) in [6, 6.07) is 8.74. The Labute approximate surface area is 196 Å². The third kappa shape index (κ3) is 4.17. The number of amides is 1. The number of aryl methyl sites for hydroxylation is 3. The van der Waals surface area contributed by atoms with Crippen molar-refractivity contribution < 1.29 is 17.7 Å². The van der Waals surface area contributed by atoms with Gasteiger partial charge in [0.05, 0.1) is 32.1 Å². The van der Waals surface area contributed by atoms with Crippen LogP contribution in [0.4, 0.5) is 5.69 Å². The second kappa shape index (κ2) is 8.36. The summed E-state index contributed by atoms with van der Waals surface area (Å²) in [6.07, 6.45) is 0. The molecule has 10 heteroatoms. The minimum atomic E-state index is -3.66. The Balaban J connectivity index is 1.82. The smallest absolute Gasteiger partial charge is 0.259 e. The molecule has 1 aromatic carbocycles. The molecule has 0 fully saturated rings. The van der Waals surface area contributed by atoms with E-state index >= 15 is 0 Å². The van der Waals surface area contributed by atoms with E-state index in [9.17, 15) is 13.2 Å². The van der Waals surface area contributed by atoms with Crippen molar-refractivity contribution >= 4 is 44.1 Å². The number of aromatic nitrogens is 2. The third-order valence-electron chi connectivity index (χ3n) is 5.52. The highest BCUT2D eigenvalue weighted by Gasteiger charge is 2.23. The molecule has 33 heavy (non-hydrogen) atoms. The number of pyridine rings is 1. The van der Waals surface area contributed by atoms with Gasteiger partial charge in [-0.25, -0.2) is 17.7 Å². The van der Waals surface area contributed by atoms with Crippen LogP contribution in [0.2, 0.25) is 0 Å². The second-order valence-corrected chi connectivity index (χ2v) is 11.5. The van der Waals surface area contributed by atoms with Gasteiger partial charge in [-0.15, -0.1) is 11.3 Å². The summed E-state index contributed by atoms with van der Waals surface area (Å²) in [6.45, 7) is 7.40. The molecule has 3 heterocycles. The van der Waals surface area contributed by atoms with Gasteiger partial charge in [-0.2, -0.15) is 0 Å². The standard InChI is InChI=1S/C23H24N4O4S2/c1-12-9-16(33(29,30)27(5)6)10-18(14(12)3)24-22(28)17-11-19(20-8-7-13(2)32-20)25-23-21(17)15(4)26-31-23/h7-11H,1-6H3,(H,24,28). The zero-order chi connectivity index (χ0) is 24.1. The van der Waals surface area contributed by atoms with Crippen LogP contribution in [0.15, 0.2) is 39.8 Å². The van der Waals surface area contributed by atoms with Gasteiger partial charge >= 0.3 is 0 Å². The van der Waals surface area contributed by atoms with E-state index in [0.717, 1.165) is 25.2 Å². The summed E-state index contributed by atoms with van der Waals surface area (Å²) < 4.78 is 31.9. The van der Waals surface area contributed by atoms with Crippen LogP contribution in [0.5, 0.6) is 0 Å². The minimum absolute atomic E-state index is 0.113. The van der Waals surface area contributed by atoms with Crippen LogP contribution in [0.1, 0.15) is 32.1 Å². The average Bonchev–Trinajstić information content (AvgIpc) is 3.36. The zero-order valence-electron chi connectivity index (χ0n) is 19.2. The lowest BCUT2D eigenvalue weighted by atomic mass is 10.1. The van der Waals surface area contributed by atoms with Crippen molar-refractivity contribution in [2.75, 3.05) is 19.4 Å². The number of anilines is 1. The zero-order valence-corrected chi connectivity index (χ0v) is 20.8. The lowest BCUT2D eigenvalue weighted by Gasteiger charge is -2.16. The Morgan fingerprint density at radius 3 is 2.45 bits per heavy atom. The van der Waals surface area contributed by atoms with Gasteiger partial charge in [0.25, 0.3) is 11.6 Å². The van der Waals surface area contributed by atoms with Crippen molar-refractivity contribution in [3.8, 4) is 10.6 Å². The Morgan fingerprint density at radius 1 is 1.09 bits per heavy atom. The van der Waals surface area contributed by atoms with E-state index in [1.165, 1.54) is 20.2 Å². The van der Waals surface area contributed by atoms with Crippen molar-refractivity contribution in [3.63, 3.8) is 0 Å². The number of nitrogens with zero attached hydrogens (tertiary/aromatic N) is 3. The lowest BCUT2D eigenvalue weighted by molar-refractivity contribution is 0.102. The van der Waals surface area contributed by atoms with Gasteiger partial charge in [-0.3, -0.25) is 4.79 Å². The molecule has 172 valence electrons. The van der Waals surface area contributed by atoms with E-state index in [-0.39, 0.29) is 10.6 Å². The summed E-state index contributed by atoms with van der Waals surface area (Å²) in [7, 11) is -0.721. The predicted octanol–water partition coefficient (Wildman–Crippen LogP) is 4.69. The summed E-state index contributed by atoms with van der Waals surface area (Å²) in [5.41, 5.74) is 3.75. The van der Waals surface area contributed by atoms with Crippen molar-refractivity contribution in [2.24, 2.45) is 0 Å². The van der Waals surface area contributed by atoms with Crippen LogP contribution in [0, 0.1) is 27.7 Å². The number of hydrogen-bond acceptors (Lipinski definition) is 7. The summed E-state index contributed by atoms with van der Waals surface area (Å²) in [4.78, 5) is 20.1. The molecular weight excluding hydrogens is 460 g/mol. The number of hydrogen-bond donors (Lipinski definition) is 1. The van der Waals surface area contributed by atoms with Crippen molar-refractivity contribution in [3.05, 3.63) is 57.6 Å². The monoisotopic (exact) mass is 484 g/mol. The molecule has 0 radical (unpaired) electrons. The quantitative estimate of drug-likeness (QED) is 0.441. The fourth-order valence-electron chi connectivity index (χ4n) is 3.48. The Kier molecular flexibility index (Phi) is 5.85. The molecule has 4 aromatic rings. The average molecular weight is 485 g/mol. The van der Waals surface area contributed by atoms with Gasteiger partial charge in [0.2, 0.25) is 10.0 Å². The first-order chi connectivity index (χ1) is 15.5. The highest BCUT2D eigenvalue weighted by molar-refractivity contribution is 7.89. The first-order valence-electron chi connectivity index (χ1n) is 10.2. The van der Waals surface area contributed by atoms with Crippen LogP contribution in [-0.4, -0.2) is 42.9 Å². The summed E-state index contributed by atoms with van der Waals surface area (Å²) in [5.74, 6) is -0.398. The van der Waals surface area contributed by atoms with E-state index in [4.69, 9.17) is 4.52 Å². The number of sulfonamides is 1. The molecule has 1 amide bonds. The van der Waals surface area contributed by atoms with Gasteiger partial charge in [-0.1, -0.05) is 5.16 Å². The molecule has 0 aliphatic rings. The van der Waals surface area contributed by atoms with Crippen molar-refractivity contribution in [1.29, 1.82) is 0 Å². The fraction of sp³-hybridized carbons (Fsp3) is 0.261. The Bertz CT molecular complexity index is 1500. The molecular formula is C23H24N4O4S2. The summed E-state index contributed by atoms with van der Waals surface area (Å²) >= 11 is 1.56. The molecule has 0 saturated heterocycles. The molecule has 0 atom stereocenters.